The van der Waals surface area contributed by atoms with Crippen molar-refractivity contribution in [2.24, 2.45) is 0 Å². The summed E-state index contributed by atoms with van der Waals surface area (Å²) in [6, 6.07) is 0.280. The maximum absolute atomic E-state index is 11.7. The van der Waals surface area contributed by atoms with Crippen LogP contribution in [0.4, 0.5) is 5.82 Å². The molecule has 78 valence electrons. The van der Waals surface area contributed by atoms with E-state index in [-0.39, 0.29) is 11.6 Å². The van der Waals surface area contributed by atoms with Gasteiger partial charge in [0.2, 0.25) is 0 Å². The molecule has 0 bridgehead atoms. The van der Waals surface area contributed by atoms with E-state index in [0.717, 1.165) is 6.42 Å². The average Bonchev–Trinajstić information content (AvgIpc) is 2.21. The van der Waals surface area contributed by atoms with Crippen molar-refractivity contribution in [1.82, 2.24) is 9.55 Å². The molecular formula is C10H17N3O. The quantitative estimate of drug-likeness (QED) is 0.791. The first-order valence-corrected chi connectivity index (χ1v) is 5.01. The van der Waals surface area contributed by atoms with Gasteiger partial charge in [0.05, 0.1) is 0 Å². The van der Waals surface area contributed by atoms with Crippen LogP contribution < -0.4 is 10.9 Å². The fraction of sp³-hybridized carbons (Fsp3) is 0.600. The van der Waals surface area contributed by atoms with Crippen molar-refractivity contribution in [2.75, 3.05) is 5.32 Å². The third-order valence-corrected chi connectivity index (χ3v) is 2.25. The molecule has 0 aliphatic rings. The standard InChI is InChI=1S/C10H17N3O/c1-4-8(3)12-9-10(14)13(5-2)7-6-11-9/h6-8H,4-5H2,1-3H3,(H,11,12). The van der Waals surface area contributed by atoms with Gasteiger partial charge in [-0.1, -0.05) is 6.92 Å². The van der Waals surface area contributed by atoms with Gasteiger partial charge in [-0.15, -0.1) is 0 Å². The van der Waals surface area contributed by atoms with Crippen molar-refractivity contribution in [3.8, 4) is 0 Å². The van der Waals surface area contributed by atoms with Gasteiger partial charge < -0.3 is 9.88 Å². The molecular weight excluding hydrogens is 178 g/mol. The fourth-order valence-electron chi connectivity index (χ4n) is 1.13. The molecule has 0 saturated carbocycles. The summed E-state index contributed by atoms with van der Waals surface area (Å²) in [5.41, 5.74) is -0.0460. The predicted molar refractivity (Wildman–Crippen MR) is 57.5 cm³/mol. The first-order chi connectivity index (χ1) is 6.69. The molecule has 1 N–H and O–H groups in total. The molecule has 1 unspecified atom stereocenters. The summed E-state index contributed by atoms with van der Waals surface area (Å²) in [5.74, 6) is 0.448. The lowest BCUT2D eigenvalue weighted by Gasteiger charge is -2.12. The van der Waals surface area contributed by atoms with Gasteiger partial charge in [-0.2, -0.15) is 0 Å². The smallest absolute Gasteiger partial charge is 0.293 e. The monoisotopic (exact) mass is 195 g/mol. The average molecular weight is 195 g/mol. The third-order valence-electron chi connectivity index (χ3n) is 2.25. The zero-order valence-electron chi connectivity index (χ0n) is 8.95. The van der Waals surface area contributed by atoms with Crippen LogP contribution in [-0.4, -0.2) is 15.6 Å². The van der Waals surface area contributed by atoms with Crippen LogP contribution in [0.25, 0.3) is 0 Å². The molecule has 0 fully saturated rings. The summed E-state index contributed by atoms with van der Waals surface area (Å²) < 4.78 is 1.64. The summed E-state index contributed by atoms with van der Waals surface area (Å²) in [7, 11) is 0. The Hall–Kier alpha value is -1.32. The van der Waals surface area contributed by atoms with Crippen LogP contribution in [0.5, 0.6) is 0 Å². The zero-order chi connectivity index (χ0) is 10.6. The number of nitrogens with one attached hydrogen (secondary N) is 1. The van der Waals surface area contributed by atoms with Gasteiger partial charge in [0, 0.05) is 25.0 Å². The topological polar surface area (TPSA) is 46.9 Å². The van der Waals surface area contributed by atoms with Crippen molar-refractivity contribution < 1.29 is 0 Å². The highest BCUT2D eigenvalue weighted by molar-refractivity contribution is 5.31. The van der Waals surface area contributed by atoms with E-state index >= 15 is 0 Å². The van der Waals surface area contributed by atoms with E-state index in [9.17, 15) is 4.79 Å². The van der Waals surface area contributed by atoms with Crippen LogP contribution in [0.3, 0.4) is 0 Å². The Bertz CT molecular complexity index is 345. The first-order valence-electron chi connectivity index (χ1n) is 5.01. The number of nitrogens with zero attached hydrogens (tertiary/aromatic N) is 2. The summed E-state index contributed by atoms with van der Waals surface area (Å²) in [4.78, 5) is 15.7. The van der Waals surface area contributed by atoms with Crippen LogP contribution in [-0.2, 0) is 6.54 Å². The van der Waals surface area contributed by atoms with Crippen molar-refractivity contribution in [3.05, 3.63) is 22.7 Å². The van der Waals surface area contributed by atoms with Crippen molar-refractivity contribution in [2.45, 2.75) is 39.8 Å². The molecule has 0 aromatic carbocycles. The second kappa shape index (κ2) is 4.79. The van der Waals surface area contributed by atoms with Gasteiger partial charge in [0.15, 0.2) is 5.82 Å². The molecule has 1 atom stereocenters. The van der Waals surface area contributed by atoms with Crippen LogP contribution in [0.2, 0.25) is 0 Å². The highest BCUT2D eigenvalue weighted by Crippen LogP contribution is 1.99. The molecule has 1 aromatic heterocycles. The van der Waals surface area contributed by atoms with E-state index in [1.807, 2.05) is 13.8 Å². The maximum Gasteiger partial charge on any atom is 0.293 e. The van der Waals surface area contributed by atoms with Crippen LogP contribution in [0, 0.1) is 0 Å². The Labute approximate surface area is 84.0 Å². The molecule has 0 amide bonds. The third kappa shape index (κ3) is 2.34. The molecule has 4 heteroatoms. The molecule has 0 aliphatic heterocycles. The van der Waals surface area contributed by atoms with E-state index in [2.05, 4.69) is 17.2 Å². The molecule has 0 saturated heterocycles. The lowest BCUT2D eigenvalue weighted by Crippen LogP contribution is -2.27. The summed E-state index contributed by atoms with van der Waals surface area (Å²) in [6.45, 7) is 6.72. The summed E-state index contributed by atoms with van der Waals surface area (Å²) in [5, 5.41) is 3.09. The number of hydrogen-bond acceptors (Lipinski definition) is 3. The van der Waals surface area contributed by atoms with Gasteiger partial charge in [0.1, 0.15) is 0 Å². The molecule has 14 heavy (non-hydrogen) atoms. The molecule has 4 nitrogen and oxygen atoms in total. The highest BCUT2D eigenvalue weighted by Gasteiger charge is 2.05. The number of anilines is 1. The Balaban J connectivity index is 2.93. The maximum atomic E-state index is 11.7. The Morgan fingerprint density at radius 1 is 1.57 bits per heavy atom. The number of hydrogen-bond donors (Lipinski definition) is 1. The number of aryl methyl sites for hydroxylation is 1. The van der Waals surface area contributed by atoms with E-state index in [1.54, 1.807) is 17.0 Å². The molecule has 0 aliphatic carbocycles. The minimum absolute atomic E-state index is 0.0460. The molecule has 1 rings (SSSR count). The second-order valence-corrected chi connectivity index (χ2v) is 3.32. The van der Waals surface area contributed by atoms with Crippen molar-refractivity contribution >= 4 is 5.82 Å². The first kappa shape index (κ1) is 10.8. The van der Waals surface area contributed by atoms with Gasteiger partial charge in [-0.05, 0) is 20.3 Å². The molecule has 0 radical (unpaired) electrons. The number of rotatable bonds is 4. The normalized spacial score (nSPS) is 12.5. The van der Waals surface area contributed by atoms with Crippen LogP contribution >= 0.6 is 0 Å². The summed E-state index contributed by atoms with van der Waals surface area (Å²) >= 11 is 0. The van der Waals surface area contributed by atoms with Gasteiger partial charge >= 0.3 is 0 Å². The highest BCUT2D eigenvalue weighted by atomic mass is 16.1. The van der Waals surface area contributed by atoms with Crippen molar-refractivity contribution in [3.63, 3.8) is 0 Å². The van der Waals surface area contributed by atoms with E-state index in [4.69, 9.17) is 0 Å². The van der Waals surface area contributed by atoms with E-state index < -0.39 is 0 Å². The van der Waals surface area contributed by atoms with Crippen molar-refractivity contribution in [1.29, 1.82) is 0 Å². The van der Waals surface area contributed by atoms with E-state index in [1.165, 1.54) is 0 Å². The van der Waals surface area contributed by atoms with Gasteiger partial charge in [0.25, 0.3) is 5.56 Å². The minimum atomic E-state index is -0.0460. The minimum Gasteiger partial charge on any atom is -0.363 e. The van der Waals surface area contributed by atoms with E-state index in [0.29, 0.717) is 12.4 Å². The molecule has 1 aromatic rings. The molecule has 0 spiro atoms. The molecule has 1 heterocycles. The Morgan fingerprint density at radius 3 is 2.86 bits per heavy atom. The fourth-order valence-corrected chi connectivity index (χ4v) is 1.13. The summed E-state index contributed by atoms with van der Waals surface area (Å²) in [6.07, 6.45) is 4.32. The van der Waals surface area contributed by atoms with Gasteiger partial charge in [-0.3, -0.25) is 4.79 Å². The zero-order valence-corrected chi connectivity index (χ0v) is 8.95. The number of aromatic nitrogens is 2. The Morgan fingerprint density at radius 2 is 2.29 bits per heavy atom. The Kier molecular flexibility index (Phi) is 3.68. The van der Waals surface area contributed by atoms with Gasteiger partial charge in [-0.25, -0.2) is 4.98 Å². The largest absolute Gasteiger partial charge is 0.363 e. The lowest BCUT2D eigenvalue weighted by atomic mass is 10.3. The predicted octanol–water partition coefficient (Wildman–Crippen LogP) is 1.47. The van der Waals surface area contributed by atoms with Crippen LogP contribution in [0.15, 0.2) is 17.2 Å². The van der Waals surface area contributed by atoms with Crippen LogP contribution in [0.1, 0.15) is 27.2 Å². The SMILES string of the molecule is CCC(C)Nc1nccn(CC)c1=O. The second-order valence-electron chi connectivity index (χ2n) is 3.32. The lowest BCUT2D eigenvalue weighted by molar-refractivity contribution is 0.705.